The Bertz CT molecular complexity index is 940. The highest BCUT2D eigenvalue weighted by atomic mass is 16.4. The highest BCUT2D eigenvalue weighted by molar-refractivity contribution is 5.81. The van der Waals surface area contributed by atoms with Crippen molar-refractivity contribution in [3.63, 3.8) is 0 Å². The Labute approximate surface area is 157 Å². The SMILES string of the molecule is NC1CCC(CNc2cc(-c3n[nH]c(=O)o3)ccc2-c2ccccc2)CC1. The van der Waals surface area contributed by atoms with Crippen LogP contribution in [0.2, 0.25) is 0 Å². The summed E-state index contributed by atoms with van der Waals surface area (Å²) in [7, 11) is 0. The van der Waals surface area contributed by atoms with Gasteiger partial charge in [0.05, 0.1) is 0 Å². The zero-order chi connectivity index (χ0) is 18.6. The Morgan fingerprint density at radius 2 is 1.85 bits per heavy atom. The van der Waals surface area contributed by atoms with Crippen molar-refractivity contribution in [2.45, 2.75) is 31.7 Å². The molecule has 1 saturated carbocycles. The first-order chi connectivity index (χ1) is 13.2. The summed E-state index contributed by atoms with van der Waals surface area (Å²) in [6.45, 7) is 0.903. The quantitative estimate of drug-likeness (QED) is 0.642. The topological polar surface area (TPSA) is 96.9 Å². The van der Waals surface area contributed by atoms with Crippen molar-refractivity contribution in [2.75, 3.05) is 11.9 Å². The Hall–Kier alpha value is -2.86. The molecule has 0 aliphatic heterocycles. The van der Waals surface area contributed by atoms with Gasteiger partial charge >= 0.3 is 5.76 Å². The van der Waals surface area contributed by atoms with Crippen LogP contribution in [0.3, 0.4) is 0 Å². The fourth-order valence-electron chi connectivity index (χ4n) is 3.69. The lowest BCUT2D eigenvalue weighted by Crippen LogP contribution is -2.29. The average molecular weight is 364 g/mol. The summed E-state index contributed by atoms with van der Waals surface area (Å²) < 4.78 is 5.11. The Balaban J connectivity index is 1.62. The molecule has 0 radical (unpaired) electrons. The predicted molar refractivity (Wildman–Crippen MR) is 106 cm³/mol. The van der Waals surface area contributed by atoms with E-state index in [1.807, 2.05) is 36.4 Å². The third kappa shape index (κ3) is 4.11. The average Bonchev–Trinajstić information content (AvgIpc) is 3.14. The summed E-state index contributed by atoms with van der Waals surface area (Å²) in [5.41, 5.74) is 10.1. The summed E-state index contributed by atoms with van der Waals surface area (Å²) in [4.78, 5) is 11.3. The monoisotopic (exact) mass is 364 g/mol. The van der Waals surface area contributed by atoms with Gasteiger partial charge in [-0.15, -0.1) is 5.10 Å². The van der Waals surface area contributed by atoms with E-state index in [-0.39, 0.29) is 0 Å². The van der Waals surface area contributed by atoms with Gasteiger partial charge in [0.15, 0.2) is 0 Å². The van der Waals surface area contributed by atoms with Crippen LogP contribution in [-0.2, 0) is 0 Å². The fourth-order valence-corrected chi connectivity index (χ4v) is 3.69. The van der Waals surface area contributed by atoms with Crippen LogP contribution in [0.5, 0.6) is 0 Å². The van der Waals surface area contributed by atoms with Crippen LogP contribution >= 0.6 is 0 Å². The third-order valence-corrected chi connectivity index (χ3v) is 5.26. The Kier molecular flexibility index (Phi) is 5.07. The maximum absolute atomic E-state index is 11.3. The van der Waals surface area contributed by atoms with Crippen molar-refractivity contribution < 1.29 is 4.42 Å². The van der Waals surface area contributed by atoms with Gasteiger partial charge in [0.25, 0.3) is 0 Å². The Morgan fingerprint density at radius 1 is 1.07 bits per heavy atom. The van der Waals surface area contributed by atoms with Crippen LogP contribution in [0, 0.1) is 5.92 Å². The summed E-state index contributed by atoms with van der Waals surface area (Å²) in [6.07, 6.45) is 4.50. The molecule has 1 aromatic heterocycles. The van der Waals surface area contributed by atoms with Crippen LogP contribution in [0.15, 0.2) is 57.7 Å². The first-order valence-electron chi connectivity index (χ1n) is 9.44. The number of hydrogen-bond donors (Lipinski definition) is 3. The van der Waals surface area contributed by atoms with E-state index in [0.29, 0.717) is 17.9 Å². The van der Waals surface area contributed by atoms with Gasteiger partial charge in [0.2, 0.25) is 5.89 Å². The predicted octanol–water partition coefficient (Wildman–Crippen LogP) is 3.63. The molecule has 1 aliphatic carbocycles. The minimum absolute atomic E-state index is 0.298. The largest absolute Gasteiger partial charge is 0.434 e. The number of aromatic nitrogens is 2. The van der Waals surface area contributed by atoms with Gasteiger partial charge < -0.3 is 15.5 Å². The molecule has 3 aromatic rings. The molecule has 0 amide bonds. The summed E-state index contributed by atoms with van der Waals surface area (Å²) >= 11 is 0. The van der Waals surface area contributed by atoms with E-state index in [1.165, 1.54) is 0 Å². The van der Waals surface area contributed by atoms with Crippen LogP contribution in [0.1, 0.15) is 25.7 Å². The normalized spacial score (nSPS) is 19.7. The van der Waals surface area contributed by atoms with Crippen molar-refractivity contribution in [1.82, 2.24) is 10.2 Å². The molecule has 1 aliphatic rings. The van der Waals surface area contributed by atoms with Gasteiger partial charge in [-0.05, 0) is 49.3 Å². The fraction of sp³-hybridized carbons (Fsp3) is 0.333. The molecule has 0 unspecified atom stereocenters. The van der Waals surface area contributed by atoms with Gasteiger partial charge in [0.1, 0.15) is 0 Å². The molecular formula is C21H24N4O2. The number of aromatic amines is 1. The maximum Gasteiger partial charge on any atom is 0.434 e. The standard InChI is InChI=1S/C21H24N4O2/c22-17-9-6-14(7-10-17)13-23-19-12-16(20-24-25-21(26)27-20)8-11-18(19)15-4-2-1-3-5-15/h1-5,8,11-12,14,17,23H,6-7,9-10,13,22H2,(H,25,26). The molecule has 0 atom stereocenters. The lowest BCUT2D eigenvalue weighted by atomic mass is 9.86. The van der Waals surface area contributed by atoms with Gasteiger partial charge in [-0.3, -0.25) is 0 Å². The van der Waals surface area contributed by atoms with Crippen molar-refractivity contribution in [2.24, 2.45) is 11.7 Å². The van der Waals surface area contributed by atoms with Crippen LogP contribution in [0.4, 0.5) is 5.69 Å². The molecule has 1 heterocycles. The summed E-state index contributed by atoms with van der Waals surface area (Å²) in [5, 5.41) is 9.87. The first kappa shape index (κ1) is 17.5. The van der Waals surface area contributed by atoms with Gasteiger partial charge in [0, 0.05) is 29.4 Å². The highest BCUT2D eigenvalue weighted by Crippen LogP contribution is 2.33. The molecule has 6 nitrogen and oxygen atoms in total. The van der Waals surface area contributed by atoms with Crippen molar-refractivity contribution in [1.29, 1.82) is 0 Å². The molecule has 4 N–H and O–H groups in total. The zero-order valence-corrected chi connectivity index (χ0v) is 15.2. The smallest absolute Gasteiger partial charge is 0.388 e. The molecule has 27 heavy (non-hydrogen) atoms. The lowest BCUT2D eigenvalue weighted by molar-refractivity contribution is 0.339. The van der Waals surface area contributed by atoms with E-state index in [9.17, 15) is 4.79 Å². The van der Waals surface area contributed by atoms with E-state index in [1.54, 1.807) is 0 Å². The number of hydrogen-bond acceptors (Lipinski definition) is 5. The third-order valence-electron chi connectivity index (χ3n) is 5.26. The molecule has 0 saturated heterocycles. The second-order valence-electron chi connectivity index (χ2n) is 7.21. The van der Waals surface area contributed by atoms with E-state index in [4.69, 9.17) is 10.2 Å². The molecule has 0 bridgehead atoms. The van der Waals surface area contributed by atoms with E-state index in [0.717, 1.165) is 54.6 Å². The van der Waals surface area contributed by atoms with Crippen molar-refractivity contribution in [3.05, 3.63) is 59.1 Å². The second kappa shape index (κ2) is 7.80. The molecule has 140 valence electrons. The minimum atomic E-state index is -0.551. The molecule has 0 spiro atoms. The molecular weight excluding hydrogens is 340 g/mol. The first-order valence-corrected chi connectivity index (χ1v) is 9.44. The zero-order valence-electron chi connectivity index (χ0n) is 15.2. The number of nitrogens with zero attached hydrogens (tertiary/aromatic N) is 1. The number of rotatable bonds is 5. The van der Waals surface area contributed by atoms with Crippen LogP contribution < -0.4 is 16.8 Å². The number of nitrogens with one attached hydrogen (secondary N) is 2. The number of nitrogens with two attached hydrogens (primary N) is 1. The van der Waals surface area contributed by atoms with Gasteiger partial charge in [-0.25, -0.2) is 9.89 Å². The second-order valence-corrected chi connectivity index (χ2v) is 7.21. The maximum atomic E-state index is 11.3. The van der Waals surface area contributed by atoms with Crippen molar-refractivity contribution >= 4 is 5.69 Å². The van der Waals surface area contributed by atoms with Crippen molar-refractivity contribution in [3.8, 4) is 22.6 Å². The van der Waals surface area contributed by atoms with Gasteiger partial charge in [-0.1, -0.05) is 36.4 Å². The Morgan fingerprint density at radius 3 is 2.56 bits per heavy atom. The minimum Gasteiger partial charge on any atom is -0.388 e. The van der Waals surface area contributed by atoms with Gasteiger partial charge in [-0.2, -0.15) is 0 Å². The van der Waals surface area contributed by atoms with Crippen LogP contribution in [-0.4, -0.2) is 22.8 Å². The summed E-state index contributed by atoms with van der Waals surface area (Å²) in [6, 6.07) is 16.6. The molecule has 1 fully saturated rings. The number of anilines is 1. The molecule has 6 heteroatoms. The van der Waals surface area contributed by atoms with E-state index in [2.05, 4.69) is 27.6 Å². The molecule has 4 rings (SSSR count). The highest BCUT2D eigenvalue weighted by Gasteiger charge is 2.19. The van der Waals surface area contributed by atoms with E-state index < -0.39 is 5.76 Å². The summed E-state index contributed by atoms with van der Waals surface area (Å²) in [5.74, 6) is 0.372. The number of benzene rings is 2. The number of H-pyrrole nitrogens is 1. The van der Waals surface area contributed by atoms with Crippen LogP contribution in [0.25, 0.3) is 22.6 Å². The molecule has 2 aromatic carbocycles. The lowest BCUT2D eigenvalue weighted by Gasteiger charge is -2.27. The van der Waals surface area contributed by atoms with E-state index >= 15 is 0 Å².